The van der Waals surface area contributed by atoms with Crippen LogP contribution in [-0.2, 0) is 42.8 Å². The Morgan fingerprint density at radius 2 is 1.40 bits per heavy atom. The molecule has 68 heavy (non-hydrogen) atoms. The molecule has 17 nitrogen and oxygen atoms in total. The van der Waals surface area contributed by atoms with Crippen LogP contribution in [0.15, 0.2) is 34.9 Å². The van der Waals surface area contributed by atoms with Crippen LogP contribution in [0.2, 0.25) is 0 Å². The van der Waals surface area contributed by atoms with Crippen molar-refractivity contribution in [1.29, 1.82) is 0 Å². The molecule has 0 aromatic rings. The topological polar surface area (TPSA) is 268 Å². The van der Waals surface area contributed by atoms with Crippen LogP contribution in [0.3, 0.4) is 0 Å². The molecule has 2 saturated heterocycles. The molecule has 4 saturated carbocycles. The number of allylic oxidation sites excluding steroid dienone is 4. The fourth-order valence-electron chi connectivity index (χ4n) is 14.8. The Morgan fingerprint density at radius 1 is 0.779 bits per heavy atom. The van der Waals surface area contributed by atoms with E-state index in [1.807, 2.05) is 13.8 Å². The van der Waals surface area contributed by atoms with Crippen molar-refractivity contribution in [3.8, 4) is 0 Å². The first kappa shape index (κ1) is 53.0. The summed E-state index contributed by atoms with van der Waals surface area (Å²) in [5.74, 6) is -2.97. The molecule has 0 bridgehead atoms. The maximum Gasteiger partial charge on any atom is 0.335 e. The van der Waals surface area contributed by atoms with Crippen molar-refractivity contribution < 1.29 is 83.7 Å². The lowest BCUT2D eigenvalue weighted by Gasteiger charge is -2.73. The molecule has 0 unspecified atom stereocenters. The molecule has 0 amide bonds. The summed E-state index contributed by atoms with van der Waals surface area (Å²) >= 11 is 0. The average Bonchev–Trinajstić information content (AvgIpc) is 3.26. The largest absolute Gasteiger partial charge is 0.479 e. The summed E-state index contributed by atoms with van der Waals surface area (Å²) in [6.45, 7) is 21.2. The number of carbonyl (C=O) groups is 3. The van der Waals surface area contributed by atoms with Gasteiger partial charge in [-0.2, -0.15) is 0 Å². The standard InChI is InChI=1S/C51H78O17/c1-12-24(3)42(61)67-39-40(68-43(62)25(4)13-2)51(23-52)28(19-46(39,5)6)27-14-15-30-48(9)17-16-26(18-31(48)47(7,8)22-50(30,11)49(27,10)20-32(51)54)64-45-36(58)37(35(57)38(66-45)41(59)60)65-44-34(56)33(55)29(53)21-63-44/h12-14,26,28-40,44-45,52-58H,15-23H2,1-11H3,(H,59,60)/b24-12-,25-13-/t26-,28-,29-,30+,31+,32+,33-,34+,35-,36+,37-,38-,39-,40-,44-,45+,48+,49+,50+,51-/m0/s1. The van der Waals surface area contributed by atoms with Crippen LogP contribution >= 0.6 is 0 Å². The summed E-state index contributed by atoms with van der Waals surface area (Å²) in [6.07, 6.45) is -9.48. The van der Waals surface area contributed by atoms with Crippen LogP contribution in [0.25, 0.3) is 0 Å². The molecule has 20 atom stereocenters. The lowest BCUT2D eigenvalue weighted by atomic mass is 9.31. The van der Waals surface area contributed by atoms with Crippen LogP contribution < -0.4 is 0 Å². The van der Waals surface area contributed by atoms with Gasteiger partial charge in [0, 0.05) is 16.6 Å². The highest BCUT2D eigenvalue weighted by molar-refractivity contribution is 5.89. The summed E-state index contributed by atoms with van der Waals surface area (Å²) in [5.41, 5.74) is -1.89. The summed E-state index contributed by atoms with van der Waals surface area (Å²) < 4.78 is 35.9. The molecule has 0 radical (unpaired) electrons. The Labute approximate surface area is 399 Å². The molecule has 5 aliphatic carbocycles. The number of esters is 2. The Morgan fingerprint density at radius 3 is 1.99 bits per heavy atom. The Bertz CT molecular complexity index is 2030. The van der Waals surface area contributed by atoms with Gasteiger partial charge in [-0.25, -0.2) is 14.4 Å². The number of hydrogen-bond acceptors (Lipinski definition) is 16. The smallest absolute Gasteiger partial charge is 0.335 e. The normalized spacial score (nSPS) is 47.8. The molecule has 17 heteroatoms. The van der Waals surface area contributed by atoms with Gasteiger partial charge in [0.1, 0.15) is 42.7 Å². The van der Waals surface area contributed by atoms with E-state index in [2.05, 4.69) is 40.7 Å². The third kappa shape index (κ3) is 8.34. The van der Waals surface area contributed by atoms with Crippen LogP contribution in [0.5, 0.6) is 0 Å². The minimum absolute atomic E-state index is 0.0612. The van der Waals surface area contributed by atoms with Gasteiger partial charge in [-0.3, -0.25) is 0 Å². The van der Waals surface area contributed by atoms with Crippen molar-refractivity contribution in [2.45, 2.75) is 201 Å². The highest BCUT2D eigenvalue weighted by Crippen LogP contribution is 2.77. The van der Waals surface area contributed by atoms with Gasteiger partial charge in [-0.05, 0) is 112 Å². The maximum absolute atomic E-state index is 13.7. The van der Waals surface area contributed by atoms with Crippen molar-refractivity contribution in [1.82, 2.24) is 0 Å². The van der Waals surface area contributed by atoms with Gasteiger partial charge in [0.05, 0.1) is 30.8 Å². The van der Waals surface area contributed by atoms with E-state index in [-0.39, 0.29) is 34.5 Å². The third-order valence-electron chi connectivity index (χ3n) is 18.8. The summed E-state index contributed by atoms with van der Waals surface area (Å²) in [7, 11) is 0. The van der Waals surface area contributed by atoms with Crippen molar-refractivity contribution >= 4 is 17.9 Å². The lowest BCUT2D eigenvalue weighted by molar-refractivity contribution is -0.352. The van der Waals surface area contributed by atoms with Gasteiger partial charge in [-0.15, -0.1) is 0 Å². The molecule has 0 spiro atoms. The molecule has 0 aromatic carbocycles. The highest BCUT2D eigenvalue weighted by atomic mass is 16.7. The predicted octanol–water partition coefficient (Wildman–Crippen LogP) is 3.47. The first-order valence-corrected chi connectivity index (χ1v) is 24.5. The SMILES string of the molecule is C/C=C(/C)C(=O)O[C@H]1[C@H](OC(=O)/C(C)=C\C)[C@]2(CO)[C@H](O)C[C@]3(C)C(=CC[C@@H]4[C@@]5(C)CC[C@H](O[C@@H]6O[C@H](C(=O)O)[C@@H](O)[C@H](O[C@@H]7OC[C@H](O)[C@H](O)[C@H]7O)[C@H]6O)C[C@@H]5C(C)(C)C[C@]43C)[C@@H]2CC1(C)C. The lowest BCUT2D eigenvalue weighted by Crippen LogP contribution is -2.73. The first-order valence-electron chi connectivity index (χ1n) is 24.5. The molecule has 2 aliphatic heterocycles. The molecular formula is C51H78O17. The summed E-state index contributed by atoms with van der Waals surface area (Å²) in [6, 6.07) is 0. The van der Waals surface area contributed by atoms with Crippen LogP contribution in [0.1, 0.15) is 121 Å². The van der Waals surface area contributed by atoms with E-state index in [1.54, 1.807) is 39.8 Å². The number of aliphatic hydroxyl groups excluding tert-OH is 7. The molecule has 2 heterocycles. The molecular weight excluding hydrogens is 885 g/mol. The number of carbonyl (C=O) groups excluding carboxylic acids is 2. The first-order chi connectivity index (χ1) is 31.6. The number of hydrogen-bond donors (Lipinski definition) is 8. The monoisotopic (exact) mass is 963 g/mol. The zero-order valence-electron chi connectivity index (χ0n) is 41.6. The van der Waals surface area contributed by atoms with Crippen LogP contribution in [-0.4, -0.2) is 152 Å². The van der Waals surface area contributed by atoms with Crippen molar-refractivity contribution in [2.24, 2.45) is 50.2 Å². The minimum atomic E-state index is -1.91. The van der Waals surface area contributed by atoms with E-state index < -0.39 is 133 Å². The zero-order valence-corrected chi connectivity index (χ0v) is 41.6. The fourth-order valence-corrected chi connectivity index (χ4v) is 14.8. The molecule has 384 valence electrons. The number of rotatable bonds is 10. The maximum atomic E-state index is 13.7. The second-order valence-electron chi connectivity index (χ2n) is 23.4. The molecule has 7 aliphatic rings. The van der Waals surface area contributed by atoms with Crippen molar-refractivity contribution in [2.75, 3.05) is 13.2 Å². The average molecular weight is 963 g/mol. The van der Waals surface area contributed by atoms with Gasteiger partial charge >= 0.3 is 17.9 Å². The number of aliphatic carboxylic acids is 1. The number of aliphatic hydroxyl groups is 7. The second kappa shape index (κ2) is 18.7. The van der Waals surface area contributed by atoms with E-state index >= 15 is 0 Å². The predicted molar refractivity (Wildman–Crippen MR) is 243 cm³/mol. The van der Waals surface area contributed by atoms with Gasteiger partial charge in [0.25, 0.3) is 0 Å². The van der Waals surface area contributed by atoms with E-state index in [9.17, 15) is 55.2 Å². The van der Waals surface area contributed by atoms with Gasteiger partial charge in [-0.1, -0.05) is 72.3 Å². The number of carboxylic acids is 1. The molecule has 6 fully saturated rings. The van der Waals surface area contributed by atoms with Gasteiger partial charge in [0.2, 0.25) is 0 Å². The molecule has 8 N–H and O–H groups in total. The number of carboxylic acid groups (broad SMARTS) is 1. The zero-order chi connectivity index (χ0) is 50.4. The quantitative estimate of drug-likeness (QED) is 0.0674. The number of fused-ring (bicyclic) bond motifs is 7. The van der Waals surface area contributed by atoms with Crippen molar-refractivity contribution in [3.05, 3.63) is 34.9 Å². The Hall–Kier alpha value is -2.81. The third-order valence-corrected chi connectivity index (χ3v) is 18.8. The minimum Gasteiger partial charge on any atom is -0.479 e. The number of ether oxygens (including phenoxy) is 6. The van der Waals surface area contributed by atoms with E-state index in [0.717, 1.165) is 12.0 Å². The Balaban J connectivity index is 1.19. The van der Waals surface area contributed by atoms with E-state index in [4.69, 9.17) is 28.4 Å². The van der Waals surface area contributed by atoms with Gasteiger partial charge in [0.15, 0.2) is 24.8 Å². The molecule has 0 aromatic heterocycles. The Kier molecular flexibility index (Phi) is 14.5. The van der Waals surface area contributed by atoms with Gasteiger partial charge < -0.3 is 69.3 Å². The van der Waals surface area contributed by atoms with E-state index in [1.165, 1.54) is 0 Å². The molecule has 7 rings (SSSR count). The van der Waals surface area contributed by atoms with Crippen LogP contribution in [0, 0.1) is 50.2 Å². The van der Waals surface area contributed by atoms with Crippen LogP contribution in [0.4, 0.5) is 0 Å². The fraction of sp³-hybridized carbons (Fsp3) is 0.824. The highest BCUT2D eigenvalue weighted by Gasteiger charge is 2.74. The van der Waals surface area contributed by atoms with Crippen molar-refractivity contribution in [3.63, 3.8) is 0 Å². The second-order valence-corrected chi connectivity index (χ2v) is 23.4. The summed E-state index contributed by atoms with van der Waals surface area (Å²) in [5, 5.41) is 87.9. The summed E-state index contributed by atoms with van der Waals surface area (Å²) in [4.78, 5) is 39.6. The van der Waals surface area contributed by atoms with E-state index in [0.29, 0.717) is 43.3 Å².